The molecule has 0 saturated carbocycles. The van der Waals surface area contributed by atoms with Crippen molar-refractivity contribution in [2.24, 2.45) is 12.8 Å². The summed E-state index contributed by atoms with van der Waals surface area (Å²) in [5.74, 6) is 0.504. The minimum absolute atomic E-state index is 0.0271. The molecule has 0 aliphatic carbocycles. The van der Waals surface area contributed by atoms with Gasteiger partial charge in [-0.05, 0) is 13.3 Å². The van der Waals surface area contributed by atoms with E-state index in [0.717, 1.165) is 11.0 Å². The van der Waals surface area contributed by atoms with Crippen LogP contribution in [0.2, 0.25) is 0 Å². The molecule has 0 spiro atoms. The standard InChI is InChI=1S/C11H17N5O2/c1-4-6(2)16-9-8(13-7(5-12)14-9)10(17)15(3)11(16)18/h6H,4-5,12H2,1-3H3,(H,13,14). The Morgan fingerprint density at radius 3 is 2.67 bits per heavy atom. The van der Waals surface area contributed by atoms with E-state index >= 15 is 0 Å². The van der Waals surface area contributed by atoms with E-state index in [9.17, 15) is 9.59 Å². The second kappa shape index (κ2) is 4.41. The molecule has 0 aliphatic rings. The molecule has 0 radical (unpaired) electrons. The number of aromatic amines is 1. The van der Waals surface area contributed by atoms with Gasteiger partial charge in [0.2, 0.25) is 0 Å². The summed E-state index contributed by atoms with van der Waals surface area (Å²) in [6, 6.07) is -0.0271. The molecular weight excluding hydrogens is 234 g/mol. The summed E-state index contributed by atoms with van der Waals surface area (Å²) in [5.41, 5.74) is 5.50. The zero-order valence-corrected chi connectivity index (χ0v) is 10.7. The van der Waals surface area contributed by atoms with Gasteiger partial charge in [-0.15, -0.1) is 0 Å². The van der Waals surface area contributed by atoms with E-state index in [4.69, 9.17) is 5.73 Å². The third-order valence-corrected chi connectivity index (χ3v) is 3.20. The molecule has 2 heterocycles. The molecule has 0 aromatic carbocycles. The van der Waals surface area contributed by atoms with Gasteiger partial charge in [0, 0.05) is 13.1 Å². The predicted octanol–water partition coefficient (Wildman–Crippen LogP) is -0.147. The van der Waals surface area contributed by atoms with Crippen molar-refractivity contribution in [1.29, 1.82) is 0 Å². The van der Waals surface area contributed by atoms with Crippen LogP contribution >= 0.6 is 0 Å². The molecule has 3 N–H and O–H groups in total. The van der Waals surface area contributed by atoms with Crippen LogP contribution in [-0.4, -0.2) is 19.1 Å². The van der Waals surface area contributed by atoms with Crippen LogP contribution in [0.1, 0.15) is 32.1 Å². The fraction of sp³-hybridized carbons (Fsp3) is 0.545. The first kappa shape index (κ1) is 12.6. The number of hydrogen-bond acceptors (Lipinski definition) is 4. The largest absolute Gasteiger partial charge is 0.335 e. The number of rotatable bonds is 3. The molecule has 0 amide bonds. The lowest BCUT2D eigenvalue weighted by molar-refractivity contribution is 0.499. The molecule has 0 saturated heterocycles. The van der Waals surface area contributed by atoms with Gasteiger partial charge in [0.05, 0.1) is 6.54 Å². The van der Waals surface area contributed by atoms with Crippen LogP contribution in [-0.2, 0) is 13.6 Å². The average molecular weight is 251 g/mol. The molecule has 0 bridgehead atoms. The van der Waals surface area contributed by atoms with E-state index in [1.165, 1.54) is 11.6 Å². The number of nitrogens with two attached hydrogens (primary N) is 1. The van der Waals surface area contributed by atoms with Gasteiger partial charge in [0.15, 0.2) is 5.65 Å². The van der Waals surface area contributed by atoms with Crippen molar-refractivity contribution in [2.75, 3.05) is 0 Å². The summed E-state index contributed by atoms with van der Waals surface area (Å²) in [4.78, 5) is 31.2. The number of hydrogen-bond donors (Lipinski definition) is 2. The molecule has 7 nitrogen and oxygen atoms in total. The first-order valence-electron chi connectivity index (χ1n) is 5.91. The monoisotopic (exact) mass is 251 g/mol. The van der Waals surface area contributed by atoms with Crippen molar-refractivity contribution in [1.82, 2.24) is 19.1 Å². The lowest BCUT2D eigenvalue weighted by Gasteiger charge is -2.14. The second-order valence-corrected chi connectivity index (χ2v) is 4.36. The number of imidazole rings is 1. The number of nitrogens with zero attached hydrogens (tertiary/aromatic N) is 3. The van der Waals surface area contributed by atoms with E-state index in [2.05, 4.69) is 9.97 Å². The molecule has 0 fully saturated rings. The first-order valence-corrected chi connectivity index (χ1v) is 5.91. The van der Waals surface area contributed by atoms with Gasteiger partial charge in [-0.2, -0.15) is 0 Å². The molecular formula is C11H17N5O2. The van der Waals surface area contributed by atoms with Crippen molar-refractivity contribution in [3.63, 3.8) is 0 Å². The van der Waals surface area contributed by atoms with E-state index in [1.807, 2.05) is 13.8 Å². The summed E-state index contributed by atoms with van der Waals surface area (Å²) < 4.78 is 2.62. The predicted molar refractivity (Wildman–Crippen MR) is 68.5 cm³/mol. The maximum atomic E-state index is 12.1. The summed E-state index contributed by atoms with van der Waals surface area (Å²) in [6.45, 7) is 4.10. The minimum atomic E-state index is -0.373. The van der Waals surface area contributed by atoms with Crippen LogP contribution in [0.4, 0.5) is 0 Å². The van der Waals surface area contributed by atoms with Crippen LogP contribution in [0.15, 0.2) is 9.59 Å². The Morgan fingerprint density at radius 2 is 2.11 bits per heavy atom. The van der Waals surface area contributed by atoms with Crippen molar-refractivity contribution < 1.29 is 0 Å². The molecule has 98 valence electrons. The van der Waals surface area contributed by atoms with E-state index in [0.29, 0.717) is 17.0 Å². The molecule has 18 heavy (non-hydrogen) atoms. The van der Waals surface area contributed by atoms with Crippen molar-refractivity contribution in [3.8, 4) is 0 Å². The van der Waals surface area contributed by atoms with Crippen LogP contribution < -0.4 is 17.0 Å². The summed E-state index contributed by atoms with van der Waals surface area (Å²) in [5, 5.41) is 0. The lowest BCUT2D eigenvalue weighted by atomic mass is 10.2. The van der Waals surface area contributed by atoms with Crippen molar-refractivity contribution >= 4 is 11.2 Å². The third-order valence-electron chi connectivity index (χ3n) is 3.20. The third kappa shape index (κ3) is 1.67. The number of fused-ring (bicyclic) bond motifs is 1. The van der Waals surface area contributed by atoms with E-state index in [-0.39, 0.29) is 23.8 Å². The van der Waals surface area contributed by atoms with E-state index < -0.39 is 0 Å². The maximum absolute atomic E-state index is 12.1. The highest BCUT2D eigenvalue weighted by Crippen LogP contribution is 2.13. The van der Waals surface area contributed by atoms with Crippen LogP contribution in [0.5, 0.6) is 0 Å². The second-order valence-electron chi connectivity index (χ2n) is 4.36. The highest BCUT2D eigenvalue weighted by atomic mass is 16.2. The van der Waals surface area contributed by atoms with Gasteiger partial charge in [-0.1, -0.05) is 6.92 Å². The van der Waals surface area contributed by atoms with E-state index in [1.54, 1.807) is 0 Å². The summed E-state index contributed by atoms with van der Waals surface area (Å²) in [7, 11) is 1.46. The molecule has 2 aromatic heterocycles. The Labute approximate surface area is 103 Å². The first-order chi connectivity index (χ1) is 8.51. The normalized spacial score (nSPS) is 13.1. The highest BCUT2D eigenvalue weighted by molar-refractivity contribution is 5.70. The van der Waals surface area contributed by atoms with Gasteiger partial charge in [-0.25, -0.2) is 9.78 Å². The fourth-order valence-electron chi connectivity index (χ4n) is 1.92. The highest BCUT2D eigenvalue weighted by Gasteiger charge is 2.17. The van der Waals surface area contributed by atoms with Gasteiger partial charge >= 0.3 is 5.69 Å². The molecule has 2 aromatic rings. The maximum Gasteiger partial charge on any atom is 0.332 e. The number of aromatic nitrogens is 4. The minimum Gasteiger partial charge on any atom is -0.335 e. The summed E-state index contributed by atoms with van der Waals surface area (Å²) >= 11 is 0. The van der Waals surface area contributed by atoms with Crippen LogP contribution in [0.25, 0.3) is 11.2 Å². The Bertz CT molecular complexity index is 694. The Balaban J connectivity index is 2.95. The van der Waals surface area contributed by atoms with Crippen LogP contribution in [0.3, 0.4) is 0 Å². The van der Waals surface area contributed by atoms with Crippen LogP contribution in [0, 0.1) is 0 Å². The van der Waals surface area contributed by atoms with Gasteiger partial charge in [0.25, 0.3) is 5.56 Å². The smallest absolute Gasteiger partial charge is 0.332 e. The van der Waals surface area contributed by atoms with Gasteiger partial charge in [-0.3, -0.25) is 13.9 Å². The quantitative estimate of drug-likeness (QED) is 0.792. The lowest BCUT2D eigenvalue weighted by Crippen LogP contribution is -2.39. The van der Waals surface area contributed by atoms with Gasteiger partial charge in [0.1, 0.15) is 11.3 Å². The van der Waals surface area contributed by atoms with Crippen molar-refractivity contribution in [3.05, 3.63) is 26.7 Å². The number of H-pyrrole nitrogens is 1. The molecule has 2 rings (SSSR count). The zero-order chi connectivity index (χ0) is 13.4. The Kier molecular flexibility index (Phi) is 3.08. The topological polar surface area (TPSA) is 98.7 Å². The Hall–Kier alpha value is -1.89. The number of nitrogens with one attached hydrogen (secondary N) is 1. The summed E-state index contributed by atoms with van der Waals surface area (Å²) in [6.07, 6.45) is 0.776. The van der Waals surface area contributed by atoms with Gasteiger partial charge < -0.3 is 10.7 Å². The Morgan fingerprint density at radius 1 is 1.44 bits per heavy atom. The average Bonchev–Trinajstić information content (AvgIpc) is 2.80. The van der Waals surface area contributed by atoms with Crippen molar-refractivity contribution in [2.45, 2.75) is 32.9 Å². The fourth-order valence-corrected chi connectivity index (χ4v) is 1.92. The SMILES string of the molecule is CCC(C)n1c(=O)n(C)c(=O)c2[nH]c(CN)nc21. The zero-order valence-electron chi connectivity index (χ0n) is 10.7. The molecule has 1 atom stereocenters. The molecule has 0 aliphatic heterocycles. The molecule has 1 unspecified atom stereocenters. The molecule has 7 heteroatoms.